The molecule has 1 unspecified atom stereocenters. The highest BCUT2D eigenvalue weighted by atomic mass is 16.7. The molecule has 0 fully saturated rings. The summed E-state index contributed by atoms with van der Waals surface area (Å²) < 4.78 is 0. The zero-order valence-electron chi connectivity index (χ0n) is 22.3. The minimum atomic E-state index is -1.23. The predicted octanol–water partition coefficient (Wildman–Crippen LogP) is 2.20. The van der Waals surface area contributed by atoms with Gasteiger partial charge >= 0.3 is 5.97 Å². The summed E-state index contributed by atoms with van der Waals surface area (Å²) >= 11 is 0. The van der Waals surface area contributed by atoms with E-state index >= 15 is 0 Å². The number of benzene rings is 3. The summed E-state index contributed by atoms with van der Waals surface area (Å²) in [5.74, 6) is -3.27. The van der Waals surface area contributed by atoms with Crippen LogP contribution in [0.1, 0.15) is 41.0 Å². The van der Waals surface area contributed by atoms with Crippen LogP contribution in [0.15, 0.2) is 89.9 Å². The van der Waals surface area contributed by atoms with Crippen molar-refractivity contribution in [1.29, 1.82) is 0 Å². The maximum absolute atomic E-state index is 14.3. The number of nitrogens with zero attached hydrogens (tertiary/aromatic N) is 3. The number of nitrogens with one attached hydrogen (secondary N) is 1. The van der Waals surface area contributed by atoms with Crippen LogP contribution in [0.25, 0.3) is 0 Å². The molecule has 3 aromatic carbocycles. The molecule has 12 nitrogen and oxygen atoms in total. The Kier molecular flexibility index (Phi) is 10.9. The van der Waals surface area contributed by atoms with Crippen molar-refractivity contribution in [2.24, 2.45) is 16.5 Å². The molecule has 3 rings (SSSR count). The molecular weight excluding hydrogens is 528 g/mol. The Bertz CT molecular complexity index is 1330. The topological polar surface area (TPSA) is 194 Å². The van der Waals surface area contributed by atoms with Crippen molar-refractivity contribution in [1.82, 2.24) is 10.3 Å². The van der Waals surface area contributed by atoms with E-state index in [1.165, 1.54) is 4.90 Å². The van der Waals surface area contributed by atoms with E-state index < -0.39 is 40.7 Å². The number of aliphatic imine (C=N–C) groups is 1. The highest BCUT2D eigenvalue weighted by Gasteiger charge is 2.35. The first-order valence-corrected chi connectivity index (χ1v) is 12.9. The van der Waals surface area contributed by atoms with Crippen LogP contribution < -0.4 is 16.9 Å². The SMILES string of the molecule is NC(=O)Cc1ccc(CN(C(=O)C(c2ccccc2)c2ccccc2)C(CCCN=C(N)N[N+](=O)[O-])C(=O)O)cc1. The molecule has 214 valence electrons. The Morgan fingerprint density at radius 2 is 1.44 bits per heavy atom. The van der Waals surface area contributed by atoms with E-state index in [2.05, 4.69) is 4.99 Å². The van der Waals surface area contributed by atoms with Gasteiger partial charge in [0.05, 0.1) is 12.3 Å². The van der Waals surface area contributed by atoms with Gasteiger partial charge in [-0.3, -0.25) is 9.59 Å². The quantitative estimate of drug-likeness (QED) is 0.0757. The molecule has 0 saturated heterocycles. The molecule has 12 heteroatoms. The zero-order valence-corrected chi connectivity index (χ0v) is 22.3. The first-order chi connectivity index (χ1) is 19.7. The fraction of sp³-hybridized carbons (Fsp3) is 0.241. The molecule has 0 spiro atoms. The van der Waals surface area contributed by atoms with Crippen molar-refractivity contribution in [3.63, 3.8) is 0 Å². The van der Waals surface area contributed by atoms with Crippen molar-refractivity contribution in [2.45, 2.75) is 37.8 Å². The van der Waals surface area contributed by atoms with Crippen LogP contribution in [0.3, 0.4) is 0 Å². The van der Waals surface area contributed by atoms with Gasteiger partial charge in [0, 0.05) is 13.1 Å². The Hall–Kier alpha value is -5.26. The fourth-order valence-corrected chi connectivity index (χ4v) is 4.46. The number of nitrogens with two attached hydrogens (primary N) is 2. The number of carboxylic acids is 1. The van der Waals surface area contributed by atoms with Crippen LogP contribution in [0.5, 0.6) is 0 Å². The average molecular weight is 561 g/mol. The highest BCUT2D eigenvalue weighted by molar-refractivity contribution is 5.90. The van der Waals surface area contributed by atoms with Crippen molar-refractivity contribution >= 4 is 23.7 Å². The number of carbonyl (C=O) groups excluding carboxylic acids is 2. The second-order valence-corrected chi connectivity index (χ2v) is 9.31. The van der Waals surface area contributed by atoms with Crippen LogP contribution in [0.2, 0.25) is 0 Å². The minimum Gasteiger partial charge on any atom is -0.480 e. The third-order valence-electron chi connectivity index (χ3n) is 6.34. The molecule has 0 aliphatic heterocycles. The first-order valence-electron chi connectivity index (χ1n) is 12.9. The summed E-state index contributed by atoms with van der Waals surface area (Å²) in [6.07, 6.45) is 0.270. The van der Waals surface area contributed by atoms with Gasteiger partial charge in [-0.2, -0.15) is 0 Å². The molecule has 0 aliphatic carbocycles. The summed E-state index contributed by atoms with van der Waals surface area (Å²) in [5.41, 5.74) is 15.3. The largest absolute Gasteiger partial charge is 0.480 e. The molecule has 0 bridgehead atoms. The van der Waals surface area contributed by atoms with E-state index in [0.29, 0.717) is 22.3 Å². The minimum absolute atomic E-state index is 0.0150. The summed E-state index contributed by atoms with van der Waals surface area (Å²) in [6.45, 7) is -0.00178. The summed E-state index contributed by atoms with van der Waals surface area (Å²) in [4.78, 5) is 53.9. The molecule has 41 heavy (non-hydrogen) atoms. The van der Waals surface area contributed by atoms with Gasteiger partial charge in [0.1, 0.15) is 6.04 Å². The van der Waals surface area contributed by atoms with Gasteiger partial charge in [0.15, 0.2) is 5.03 Å². The molecular formula is C29H32N6O6. The third-order valence-corrected chi connectivity index (χ3v) is 6.34. The van der Waals surface area contributed by atoms with Gasteiger partial charge in [0.2, 0.25) is 11.8 Å². The normalized spacial score (nSPS) is 12.0. The van der Waals surface area contributed by atoms with E-state index in [1.807, 2.05) is 60.7 Å². The van der Waals surface area contributed by atoms with Gasteiger partial charge in [-0.25, -0.2) is 19.9 Å². The van der Waals surface area contributed by atoms with Crippen molar-refractivity contribution < 1.29 is 24.5 Å². The molecule has 0 aromatic heterocycles. The van der Waals surface area contributed by atoms with Gasteiger partial charge in [-0.05, 0) is 35.1 Å². The van der Waals surface area contributed by atoms with E-state index in [1.54, 1.807) is 29.7 Å². The standard InChI is InChI=1S/C29H32N6O6/c30-25(36)18-20-13-15-21(16-14-20)19-34(24(28(38)39)12-7-17-32-29(31)33-35(40)41)27(37)26(22-8-3-1-4-9-22)23-10-5-2-6-11-23/h1-6,8-11,13-16,24,26H,7,12,17-19H2,(H2,30,36)(H,38,39)(H3,31,32,33). The Balaban J connectivity index is 1.97. The Labute approximate surface area is 236 Å². The number of guanidine groups is 1. The molecule has 0 saturated carbocycles. The number of rotatable bonds is 14. The average Bonchev–Trinajstić information content (AvgIpc) is 2.93. The summed E-state index contributed by atoms with van der Waals surface area (Å²) in [5, 5.41) is 19.9. The Morgan fingerprint density at radius 1 is 0.902 bits per heavy atom. The molecule has 1 atom stereocenters. The van der Waals surface area contributed by atoms with Crippen molar-refractivity contribution in [3.05, 3.63) is 117 Å². The summed E-state index contributed by atoms with van der Waals surface area (Å²) in [7, 11) is 0. The molecule has 6 N–H and O–H groups in total. The van der Waals surface area contributed by atoms with Gasteiger partial charge in [-0.1, -0.05) is 90.4 Å². The van der Waals surface area contributed by atoms with Gasteiger partial charge < -0.3 is 21.5 Å². The van der Waals surface area contributed by atoms with Gasteiger partial charge in [-0.15, -0.1) is 0 Å². The molecule has 3 aromatic rings. The van der Waals surface area contributed by atoms with Crippen LogP contribution in [0, 0.1) is 10.1 Å². The predicted molar refractivity (Wildman–Crippen MR) is 152 cm³/mol. The molecule has 0 radical (unpaired) electrons. The second-order valence-electron chi connectivity index (χ2n) is 9.31. The number of carboxylic acid groups (broad SMARTS) is 1. The van der Waals surface area contributed by atoms with E-state index in [-0.39, 0.29) is 32.4 Å². The van der Waals surface area contributed by atoms with Crippen molar-refractivity contribution in [2.75, 3.05) is 6.54 Å². The number of carbonyl (C=O) groups is 3. The maximum atomic E-state index is 14.3. The zero-order chi connectivity index (χ0) is 29.8. The second kappa shape index (κ2) is 14.8. The number of nitro groups is 1. The molecule has 0 heterocycles. The van der Waals surface area contributed by atoms with E-state index in [4.69, 9.17) is 11.5 Å². The molecule has 0 aliphatic rings. The number of primary amides is 1. The highest BCUT2D eigenvalue weighted by Crippen LogP contribution is 2.29. The van der Waals surface area contributed by atoms with Crippen LogP contribution in [-0.2, 0) is 27.3 Å². The van der Waals surface area contributed by atoms with Crippen LogP contribution in [-0.4, -0.2) is 51.4 Å². The van der Waals surface area contributed by atoms with Gasteiger partial charge in [0.25, 0.3) is 5.96 Å². The summed E-state index contributed by atoms with van der Waals surface area (Å²) in [6, 6.07) is 23.9. The molecule has 2 amide bonds. The first kappa shape index (κ1) is 30.3. The van der Waals surface area contributed by atoms with E-state index in [0.717, 1.165) is 0 Å². The Morgan fingerprint density at radius 3 is 1.93 bits per heavy atom. The number of hydrazine groups is 1. The van der Waals surface area contributed by atoms with Crippen LogP contribution >= 0.6 is 0 Å². The third kappa shape index (κ3) is 9.17. The maximum Gasteiger partial charge on any atom is 0.326 e. The number of aliphatic carboxylic acids is 1. The monoisotopic (exact) mass is 560 g/mol. The lowest BCUT2D eigenvalue weighted by Gasteiger charge is -2.33. The smallest absolute Gasteiger partial charge is 0.326 e. The lowest BCUT2D eigenvalue weighted by atomic mass is 9.89. The van der Waals surface area contributed by atoms with Crippen LogP contribution in [0.4, 0.5) is 0 Å². The number of hydrogen-bond donors (Lipinski definition) is 4. The van der Waals surface area contributed by atoms with E-state index in [9.17, 15) is 29.6 Å². The number of amides is 2. The lowest BCUT2D eigenvalue weighted by Crippen LogP contribution is -2.47. The fourth-order valence-electron chi connectivity index (χ4n) is 4.46. The lowest BCUT2D eigenvalue weighted by molar-refractivity contribution is -0.525. The number of hydrogen-bond acceptors (Lipinski definition) is 6. The van der Waals surface area contributed by atoms with Crippen molar-refractivity contribution in [3.8, 4) is 0 Å².